The molecule has 7 nitrogen and oxygen atoms in total. The van der Waals surface area contributed by atoms with E-state index in [0.717, 1.165) is 23.8 Å². The smallest absolute Gasteiger partial charge is 0.273 e. The van der Waals surface area contributed by atoms with E-state index in [2.05, 4.69) is 10.4 Å². The molecule has 1 amide bonds. The Balaban J connectivity index is 0.00000385. The van der Waals surface area contributed by atoms with Gasteiger partial charge >= 0.3 is 0 Å². The second kappa shape index (κ2) is 11.4. The summed E-state index contributed by atoms with van der Waals surface area (Å²) in [4.78, 5) is 12.3. The van der Waals surface area contributed by atoms with Gasteiger partial charge in [0.2, 0.25) is 0 Å². The average Bonchev–Trinajstić information content (AvgIpc) is 3.18. The second-order valence-corrected chi connectivity index (χ2v) is 8.52. The van der Waals surface area contributed by atoms with E-state index in [1.54, 1.807) is 6.92 Å². The van der Waals surface area contributed by atoms with Crippen LogP contribution in [0.4, 0.5) is 8.78 Å². The van der Waals surface area contributed by atoms with E-state index in [1.165, 1.54) is 23.9 Å². The zero-order valence-electron chi connectivity index (χ0n) is 18.2. The van der Waals surface area contributed by atoms with Crippen LogP contribution in [0, 0.1) is 17.0 Å². The summed E-state index contributed by atoms with van der Waals surface area (Å²) in [6.07, 6.45) is 0.143. The van der Waals surface area contributed by atoms with Crippen molar-refractivity contribution in [2.24, 2.45) is 10.8 Å². The molecule has 0 saturated carbocycles. The molecular weight excluding hydrogens is 472 g/mol. The second-order valence-electron chi connectivity index (χ2n) is 7.25. The van der Waals surface area contributed by atoms with E-state index in [-0.39, 0.29) is 29.0 Å². The van der Waals surface area contributed by atoms with Gasteiger partial charge in [-0.25, -0.2) is 13.8 Å². The van der Waals surface area contributed by atoms with Crippen molar-refractivity contribution in [1.29, 1.82) is 5.41 Å². The van der Waals surface area contributed by atoms with Crippen LogP contribution in [0.25, 0.3) is 0 Å². The number of carbonyl (C=O) groups is 1. The van der Waals surface area contributed by atoms with Gasteiger partial charge in [-0.05, 0) is 43.5 Å². The van der Waals surface area contributed by atoms with Gasteiger partial charge in [-0.15, -0.1) is 12.4 Å². The van der Waals surface area contributed by atoms with Gasteiger partial charge in [0.15, 0.2) is 5.96 Å². The molecule has 0 saturated heterocycles. The zero-order valence-corrected chi connectivity index (χ0v) is 19.8. The highest BCUT2D eigenvalue weighted by molar-refractivity contribution is 8.15. The SMILES string of the molecule is CO[C@@H](C)C(=O)N1N=C(c2cc(F)ccc2F)S[C@@]1(CCCNC(=N)N)c1ccccc1.Cl. The molecule has 0 spiro atoms. The van der Waals surface area contributed by atoms with Gasteiger partial charge in [0.05, 0.1) is 0 Å². The molecule has 11 heteroatoms. The lowest BCUT2D eigenvalue weighted by atomic mass is 9.99. The predicted octanol–water partition coefficient (Wildman–Crippen LogP) is 3.77. The number of benzene rings is 2. The number of nitrogens with two attached hydrogens (primary N) is 1. The summed E-state index contributed by atoms with van der Waals surface area (Å²) in [6, 6.07) is 12.4. The number of hydrazone groups is 1. The fraction of sp³-hybridized carbons (Fsp3) is 0.318. The number of rotatable bonds is 8. The first-order valence-corrected chi connectivity index (χ1v) is 10.8. The average molecular weight is 498 g/mol. The molecule has 0 aliphatic carbocycles. The molecule has 2 aromatic rings. The maximum Gasteiger partial charge on any atom is 0.273 e. The highest BCUT2D eigenvalue weighted by Crippen LogP contribution is 2.50. The molecule has 4 N–H and O–H groups in total. The lowest BCUT2D eigenvalue weighted by Crippen LogP contribution is -2.46. The number of nitrogens with zero attached hydrogens (tertiary/aromatic N) is 2. The van der Waals surface area contributed by atoms with E-state index in [1.807, 2.05) is 30.3 Å². The maximum absolute atomic E-state index is 14.6. The molecule has 178 valence electrons. The number of hydrogen-bond acceptors (Lipinski definition) is 5. The summed E-state index contributed by atoms with van der Waals surface area (Å²) >= 11 is 1.19. The summed E-state index contributed by atoms with van der Waals surface area (Å²) < 4.78 is 33.7. The number of ether oxygens (including phenoxy) is 1. The van der Waals surface area contributed by atoms with Gasteiger partial charge in [0.1, 0.15) is 27.7 Å². The number of methoxy groups -OCH3 is 1. The Morgan fingerprint density at radius 3 is 2.64 bits per heavy atom. The Morgan fingerprint density at radius 1 is 1.30 bits per heavy atom. The monoisotopic (exact) mass is 497 g/mol. The summed E-state index contributed by atoms with van der Waals surface area (Å²) in [5, 5.41) is 16.1. The minimum atomic E-state index is -1.02. The summed E-state index contributed by atoms with van der Waals surface area (Å²) in [5.74, 6) is -1.80. The molecule has 0 radical (unpaired) electrons. The van der Waals surface area contributed by atoms with Gasteiger partial charge in [0, 0.05) is 19.2 Å². The molecule has 0 aromatic heterocycles. The molecule has 1 aliphatic rings. The fourth-order valence-corrected chi connectivity index (χ4v) is 4.82. The van der Waals surface area contributed by atoms with E-state index in [9.17, 15) is 13.6 Å². The number of amides is 1. The first-order valence-electron chi connectivity index (χ1n) is 10.0. The Kier molecular flexibility index (Phi) is 9.21. The third-order valence-corrected chi connectivity index (χ3v) is 6.55. The molecule has 3 rings (SSSR count). The van der Waals surface area contributed by atoms with Crippen LogP contribution >= 0.6 is 24.2 Å². The third kappa shape index (κ3) is 5.82. The number of hydrogen-bond donors (Lipinski definition) is 3. The molecule has 2 atom stereocenters. The Labute approximate surface area is 201 Å². The summed E-state index contributed by atoms with van der Waals surface area (Å²) in [5.41, 5.74) is 6.14. The molecule has 0 unspecified atom stereocenters. The molecule has 2 aromatic carbocycles. The van der Waals surface area contributed by atoms with Crippen LogP contribution < -0.4 is 11.1 Å². The van der Waals surface area contributed by atoms with Gasteiger partial charge in [-0.3, -0.25) is 10.2 Å². The molecule has 0 bridgehead atoms. The largest absolute Gasteiger partial charge is 0.372 e. The zero-order chi connectivity index (χ0) is 23.3. The number of thioether (sulfide) groups is 1. The third-order valence-electron chi connectivity index (χ3n) is 5.10. The minimum Gasteiger partial charge on any atom is -0.372 e. The predicted molar refractivity (Wildman–Crippen MR) is 128 cm³/mol. The van der Waals surface area contributed by atoms with Crippen molar-refractivity contribution in [2.45, 2.75) is 30.7 Å². The van der Waals surface area contributed by atoms with Gasteiger partial charge in [-0.1, -0.05) is 42.1 Å². The minimum absolute atomic E-state index is 0. The van der Waals surface area contributed by atoms with Crippen molar-refractivity contribution >= 4 is 41.1 Å². The van der Waals surface area contributed by atoms with Crippen LogP contribution in [0.1, 0.15) is 30.9 Å². The number of guanidine groups is 1. The highest BCUT2D eigenvalue weighted by atomic mass is 35.5. The van der Waals surface area contributed by atoms with Crippen LogP contribution in [-0.2, 0) is 14.4 Å². The van der Waals surface area contributed by atoms with E-state index in [0.29, 0.717) is 19.4 Å². The van der Waals surface area contributed by atoms with Gasteiger partial charge in [-0.2, -0.15) is 5.10 Å². The van der Waals surface area contributed by atoms with Crippen molar-refractivity contribution in [3.05, 3.63) is 71.3 Å². The lowest BCUT2D eigenvalue weighted by Gasteiger charge is -2.37. The first kappa shape index (κ1) is 26.6. The fourth-order valence-electron chi connectivity index (χ4n) is 3.40. The van der Waals surface area contributed by atoms with Crippen molar-refractivity contribution < 1.29 is 18.3 Å². The maximum atomic E-state index is 14.6. The van der Waals surface area contributed by atoms with Crippen molar-refractivity contribution in [3.63, 3.8) is 0 Å². The van der Waals surface area contributed by atoms with Crippen LogP contribution in [0.2, 0.25) is 0 Å². The normalized spacial score (nSPS) is 18.3. The van der Waals surface area contributed by atoms with Crippen LogP contribution in [0.3, 0.4) is 0 Å². The molecule has 33 heavy (non-hydrogen) atoms. The quantitative estimate of drug-likeness (QED) is 0.292. The standard InChI is InChI=1S/C22H25F2N5O2S.ClH/c1-14(31-2)20(30)29-22(11-6-12-27-21(25)26,15-7-4-3-5-8-15)32-19(28-29)17-13-16(23)9-10-18(17)24;/h3-5,7-10,13-14H,6,11-12H2,1-2H3,(H4,25,26,27);1H/t14-,22-;/m0./s1. The van der Waals surface area contributed by atoms with Crippen LogP contribution in [-0.4, -0.2) is 41.7 Å². The number of nitrogens with one attached hydrogen (secondary N) is 2. The van der Waals surface area contributed by atoms with Crippen LogP contribution in [0.5, 0.6) is 0 Å². The molecule has 1 heterocycles. The number of carbonyl (C=O) groups excluding carboxylic acids is 1. The summed E-state index contributed by atoms with van der Waals surface area (Å²) in [6.45, 7) is 2.01. The summed E-state index contributed by atoms with van der Waals surface area (Å²) in [7, 11) is 1.42. The Hall–Kier alpha value is -2.69. The van der Waals surface area contributed by atoms with Gasteiger partial charge in [0.25, 0.3) is 5.91 Å². The first-order chi connectivity index (χ1) is 15.3. The molecule has 0 fully saturated rings. The number of halogens is 3. The van der Waals surface area contributed by atoms with E-state index >= 15 is 0 Å². The highest BCUT2D eigenvalue weighted by Gasteiger charge is 2.49. The topological polar surface area (TPSA) is 104 Å². The van der Waals surface area contributed by atoms with Crippen molar-refractivity contribution in [1.82, 2.24) is 10.3 Å². The van der Waals surface area contributed by atoms with Crippen LogP contribution in [0.15, 0.2) is 53.6 Å². The van der Waals surface area contributed by atoms with E-state index in [4.69, 9.17) is 15.9 Å². The van der Waals surface area contributed by atoms with Crippen molar-refractivity contribution in [3.8, 4) is 0 Å². The Bertz CT molecular complexity index is 1030. The van der Waals surface area contributed by atoms with Crippen molar-refractivity contribution in [2.75, 3.05) is 13.7 Å². The Morgan fingerprint density at radius 2 is 2.00 bits per heavy atom. The van der Waals surface area contributed by atoms with Gasteiger partial charge < -0.3 is 15.8 Å². The molecule has 1 aliphatic heterocycles. The lowest BCUT2D eigenvalue weighted by molar-refractivity contribution is -0.144. The van der Waals surface area contributed by atoms with E-state index < -0.39 is 28.5 Å². The molecular formula is C22H26ClF2N5O2S.